The van der Waals surface area contributed by atoms with Crippen molar-refractivity contribution < 1.29 is 0 Å². The molecule has 66 valence electrons. The standard InChI is InChI=1S/C10H14ClN/c1-7-3-4-10(11)6-9(7)5-8(2)12/h3-4,6,8H,5,12H2,1-2H3. The highest BCUT2D eigenvalue weighted by Crippen LogP contribution is 2.16. The van der Waals surface area contributed by atoms with Crippen LogP contribution in [-0.4, -0.2) is 6.04 Å². The van der Waals surface area contributed by atoms with Crippen molar-refractivity contribution in [2.75, 3.05) is 0 Å². The van der Waals surface area contributed by atoms with E-state index in [9.17, 15) is 0 Å². The monoisotopic (exact) mass is 183 g/mol. The SMILES string of the molecule is Cc1ccc(Cl)cc1CC(C)N. The molecule has 1 nitrogen and oxygen atoms in total. The summed E-state index contributed by atoms with van der Waals surface area (Å²) in [5, 5.41) is 0.788. The summed E-state index contributed by atoms with van der Waals surface area (Å²) >= 11 is 5.86. The minimum atomic E-state index is 0.196. The highest BCUT2D eigenvalue weighted by atomic mass is 35.5. The fraction of sp³-hybridized carbons (Fsp3) is 0.400. The van der Waals surface area contributed by atoms with Gasteiger partial charge in [-0.15, -0.1) is 0 Å². The van der Waals surface area contributed by atoms with Crippen molar-refractivity contribution in [3.05, 3.63) is 34.3 Å². The Kier molecular flexibility index (Phi) is 3.12. The van der Waals surface area contributed by atoms with Gasteiger partial charge in [-0.1, -0.05) is 17.7 Å². The van der Waals surface area contributed by atoms with Gasteiger partial charge >= 0.3 is 0 Å². The van der Waals surface area contributed by atoms with E-state index in [0.29, 0.717) is 0 Å². The van der Waals surface area contributed by atoms with Crippen molar-refractivity contribution in [1.82, 2.24) is 0 Å². The second-order valence-corrected chi connectivity index (χ2v) is 3.69. The maximum Gasteiger partial charge on any atom is 0.0408 e. The summed E-state index contributed by atoms with van der Waals surface area (Å²) < 4.78 is 0. The normalized spacial score (nSPS) is 13.0. The first-order valence-electron chi connectivity index (χ1n) is 4.10. The summed E-state index contributed by atoms with van der Waals surface area (Å²) in [6.45, 7) is 4.08. The van der Waals surface area contributed by atoms with E-state index in [2.05, 4.69) is 6.92 Å². The van der Waals surface area contributed by atoms with Crippen molar-refractivity contribution in [3.63, 3.8) is 0 Å². The molecule has 2 heteroatoms. The molecule has 1 aromatic rings. The smallest absolute Gasteiger partial charge is 0.0408 e. The van der Waals surface area contributed by atoms with Gasteiger partial charge in [0, 0.05) is 11.1 Å². The zero-order valence-corrected chi connectivity index (χ0v) is 8.23. The molecule has 0 radical (unpaired) electrons. The van der Waals surface area contributed by atoms with Gasteiger partial charge in [0.2, 0.25) is 0 Å². The third-order valence-electron chi connectivity index (χ3n) is 1.85. The van der Waals surface area contributed by atoms with Crippen LogP contribution in [0.3, 0.4) is 0 Å². The average Bonchev–Trinajstić information content (AvgIpc) is 1.96. The fourth-order valence-electron chi connectivity index (χ4n) is 1.21. The van der Waals surface area contributed by atoms with E-state index in [4.69, 9.17) is 17.3 Å². The molecule has 1 aromatic carbocycles. The van der Waals surface area contributed by atoms with E-state index in [1.54, 1.807) is 0 Å². The Bertz CT molecular complexity index is 269. The second-order valence-electron chi connectivity index (χ2n) is 3.25. The molecule has 12 heavy (non-hydrogen) atoms. The summed E-state index contributed by atoms with van der Waals surface area (Å²) in [4.78, 5) is 0. The lowest BCUT2D eigenvalue weighted by atomic mass is 10.0. The Balaban J connectivity index is 2.90. The topological polar surface area (TPSA) is 26.0 Å². The summed E-state index contributed by atoms with van der Waals surface area (Å²) in [6.07, 6.45) is 0.895. The van der Waals surface area contributed by atoms with Crippen LogP contribution in [0.4, 0.5) is 0 Å². The van der Waals surface area contributed by atoms with Gasteiger partial charge in [-0.2, -0.15) is 0 Å². The number of aryl methyl sites for hydroxylation is 1. The quantitative estimate of drug-likeness (QED) is 0.750. The summed E-state index contributed by atoms with van der Waals surface area (Å²) in [7, 11) is 0. The molecular weight excluding hydrogens is 170 g/mol. The third kappa shape index (κ3) is 2.50. The molecule has 0 heterocycles. The molecule has 0 bridgehead atoms. The molecule has 0 aliphatic rings. The van der Waals surface area contributed by atoms with Gasteiger partial charge < -0.3 is 5.73 Å². The van der Waals surface area contributed by atoms with Crippen molar-refractivity contribution >= 4 is 11.6 Å². The first kappa shape index (κ1) is 9.56. The Labute approximate surface area is 78.5 Å². The zero-order chi connectivity index (χ0) is 9.14. The lowest BCUT2D eigenvalue weighted by Crippen LogP contribution is -2.18. The molecule has 0 aliphatic heterocycles. The maximum atomic E-state index is 5.86. The zero-order valence-electron chi connectivity index (χ0n) is 7.47. The summed E-state index contributed by atoms with van der Waals surface area (Å²) in [6, 6.07) is 6.11. The molecule has 0 saturated carbocycles. The molecule has 1 atom stereocenters. The van der Waals surface area contributed by atoms with Crippen LogP contribution in [0.1, 0.15) is 18.1 Å². The van der Waals surface area contributed by atoms with Gasteiger partial charge in [-0.3, -0.25) is 0 Å². The summed E-state index contributed by atoms with van der Waals surface area (Å²) in [5.74, 6) is 0. The Hall–Kier alpha value is -0.530. The van der Waals surface area contributed by atoms with E-state index >= 15 is 0 Å². The predicted molar refractivity (Wildman–Crippen MR) is 53.5 cm³/mol. The molecule has 0 aliphatic carbocycles. The van der Waals surface area contributed by atoms with Crippen LogP contribution in [0, 0.1) is 6.92 Å². The molecule has 1 unspecified atom stereocenters. The molecular formula is C10H14ClN. The Morgan fingerprint density at radius 2 is 2.17 bits per heavy atom. The van der Waals surface area contributed by atoms with Crippen LogP contribution in [0.2, 0.25) is 5.02 Å². The number of hydrogen-bond donors (Lipinski definition) is 1. The third-order valence-corrected chi connectivity index (χ3v) is 2.09. The number of halogens is 1. The van der Waals surface area contributed by atoms with Crippen LogP contribution in [0.25, 0.3) is 0 Å². The van der Waals surface area contributed by atoms with Crippen molar-refractivity contribution in [2.24, 2.45) is 5.73 Å². The minimum absolute atomic E-state index is 0.196. The van der Waals surface area contributed by atoms with E-state index < -0.39 is 0 Å². The van der Waals surface area contributed by atoms with Crippen molar-refractivity contribution in [3.8, 4) is 0 Å². The van der Waals surface area contributed by atoms with Crippen LogP contribution in [0.15, 0.2) is 18.2 Å². The van der Waals surface area contributed by atoms with Gasteiger partial charge in [0.15, 0.2) is 0 Å². The molecule has 0 aromatic heterocycles. The lowest BCUT2D eigenvalue weighted by Gasteiger charge is -2.08. The Morgan fingerprint density at radius 3 is 2.75 bits per heavy atom. The number of hydrogen-bond acceptors (Lipinski definition) is 1. The number of rotatable bonds is 2. The molecule has 2 N–H and O–H groups in total. The van der Waals surface area contributed by atoms with Crippen LogP contribution in [0.5, 0.6) is 0 Å². The molecule has 1 rings (SSSR count). The van der Waals surface area contributed by atoms with E-state index in [1.165, 1.54) is 11.1 Å². The molecule has 0 amide bonds. The number of nitrogens with two attached hydrogens (primary N) is 1. The lowest BCUT2D eigenvalue weighted by molar-refractivity contribution is 0.735. The maximum absolute atomic E-state index is 5.86. The van der Waals surface area contributed by atoms with Crippen molar-refractivity contribution in [1.29, 1.82) is 0 Å². The number of benzene rings is 1. The van der Waals surface area contributed by atoms with Gasteiger partial charge in [0.25, 0.3) is 0 Å². The van der Waals surface area contributed by atoms with E-state index in [0.717, 1.165) is 11.4 Å². The van der Waals surface area contributed by atoms with Crippen LogP contribution < -0.4 is 5.73 Å². The van der Waals surface area contributed by atoms with Gasteiger partial charge in [-0.25, -0.2) is 0 Å². The first-order valence-corrected chi connectivity index (χ1v) is 4.48. The first-order chi connectivity index (χ1) is 5.59. The molecule has 0 fully saturated rings. The van der Waals surface area contributed by atoms with E-state index in [-0.39, 0.29) is 6.04 Å². The molecule has 0 saturated heterocycles. The van der Waals surface area contributed by atoms with Gasteiger partial charge in [0.1, 0.15) is 0 Å². The molecule has 0 spiro atoms. The minimum Gasteiger partial charge on any atom is -0.328 e. The van der Waals surface area contributed by atoms with Crippen LogP contribution in [-0.2, 0) is 6.42 Å². The largest absolute Gasteiger partial charge is 0.328 e. The Morgan fingerprint density at radius 1 is 1.50 bits per heavy atom. The average molecular weight is 184 g/mol. The summed E-state index contributed by atoms with van der Waals surface area (Å²) in [5.41, 5.74) is 8.21. The predicted octanol–water partition coefficient (Wildman–Crippen LogP) is 2.54. The highest BCUT2D eigenvalue weighted by molar-refractivity contribution is 6.30. The highest BCUT2D eigenvalue weighted by Gasteiger charge is 2.01. The van der Waals surface area contributed by atoms with Crippen LogP contribution >= 0.6 is 11.6 Å². The van der Waals surface area contributed by atoms with Gasteiger partial charge in [-0.05, 0) is 43.5 Å². The second kappa shape index (κ2) is 3.92. The fourth-order valence-corrected chi connectivity index (χ4v) is 1.40. The van der Waals surface area contributed by atoms with Crippen molar-refractivity contribution in [2.45, 2.75) is 26.3 Å². The van der Waals surface area contributed by atoms with E-state index in [1.807, 2.05) is 25.1 Å². The van der Waals surface area contributed by atoms with Gasteiger partial charge in [0.05, 0.1) is 0 Å².